The molecule has 0 saturated carbocycles. The Morgan fingerprint density at radius 1 is 1.30 bits per heavy atom. The Balaban J connectivity index is 2.25. The fourth-order valence-electron chi connectivity index (χ4n) is 1.54. The molecule has 5 nitrogen and oxygen atoms in total. The smallest absolute Gasteiger partial charge is 0.308 e. The summed E-state index contributed by atoms with van der Waals surface area (Å²) in [5.74, 6) is 0. The predicted octanol–water partition coefficient (Wildman–Crippen LogP) is 2.64. The number of oxime groups is 1. The molecule has 0 atom stereocenters. The third-order valence-corrected chi connectivity index (χ3v) is 3.69. The highest BCUT2D eigenvalue weighted by molar-refractivity contribution is 8.18. The van der Waals surface area contributed by atoms with Crippen LogP contribution in [0.4, 0.5) is 0 Å². The van der Waals surface area contributed by atoms with Crippen LogP contribution >= 0.6 is 11.8 Å². The minimum absolute atomic E-state index is 0.431. The molecule has 1 aliphatic heterocycles. The van der Waals surface area contributed by atoms with Crippen LogP contribution in [0.25, 0.3) is 5.57 Å². The van der Waals surface area contributed by atoms with Crippen molar-refractivity contribution in [3.63, 3.8) is 0 Å². The topological polar surface area (TPSA) is 79.6 Å². The number of hydrogen-bond acceptors (Lipinski definition) is 6. The Bertz CT molecular complexity index is 704. The number of thioether (sulfide) groups is 1. The molecule has 0 fully saturated rings. The molecule has 2 rings (SSSR count). The molecule has 1 aromatic rings. The molecule has 0 spiro atoms. The van der Waals surface area contributed by atoms with Gasteiger partial charge >= 0.3 is 10.1 Å². The third kappa shape index (κ3) is 3.82. The summed E-state index contributed by atoms with van der Waals surface area (Å²) >= 11 is 1.26. The SMILES string of the molecule is CS(=O)(=O)ON=C1C=CC(=C(C=N)c2ccccc2)S1. The maximum absolute atomic E-state index is 10.9. The average Bonchev–Trinajstić information content (AvgIpc) is 2.87. The first-order chi connectivity index (χ1) is 9.49. The van der Waals surface area contributed by atoms with Crippen molar-refractivity contribution >= 4 is 38.7 Å². The second kappa shape index (κ2) is 6.06. The first-order valence-corrected chi connectivity index (χ1v) is 8.25. The number of rotatable bonds is 4. The van der Waals surface area contributed by atoms with E-state index in [1.54, 1.807) is 12.2 Å². The second-order valence-corrected chi connectivity index (χ2v) is 6.55. The number of benzene rings is 1. The highest BCUT2D eigenvalue weighted by atomic mass is 32.2. The standard InChI is InChI=1S/C13H12N2O3S2/c1-20(16,17)18-15-13-8-7-12(19-13)11(9-14)10-5-3-2-4-6-10/h2-9,14H,1H3. The summed E-state index contributed by atoms with van der Waals surface area (Å²) < 4.78 is 26.1. The molecule has 0 radical (unpaired) electrons. The molecule has 1 N–H and O–H groups in total. The van der Waals surface area contributed by atoms with Gasteiger partial charge in [0.25, 0.3) is 0 Å². The fraction of sp³-hybridized carbons (Fsp3) is 0.0769. The molecule has 1 aromatic carbocycles. The molecule has 1 heterocycles. The van der Waals surface area contributed by atoms with Crippen LogP contribution in [0.1, 0.15) is 5.56 Å². The van der Waals surface area contributed by atoms with Crippen molar-refractivity contribution in [2.24, 2.45) is 5.16 Å². The summed E-state index contributed by atoms with van der Waals surface area (Å²) in [6.45, 7) is 0. The summed E-state index contributed by atoms with van der Waals surface area (Å²) in [6.07, 6.45) is 5.63. The Morgan fingerprint density at radius 3 is 2.60 bits per heavy atom. The summed E-state index contributed by atoms with van der Waals surface area (Å²) in [6, 6.07) is 9.50. The quantitative estimate of drug-likeness (QED) is 0.685. The van der Waals surface area contributed by atoms with E-state index in [9.17, 15) is 8.42 Å². The van der Waals surface area contributed by atoms with Crippen LogP contribution in [0.2, 0.25) is 0 Å². The summed E-state index contributed by atoms with van der Waals surface area (Å²) in [4.78, 5) is 0.821. The van der Waals surface area contributed by atoms with Crippen molar-refractivity contribution in [1.82, 2.24) is 0 Å². The van der Waals surface area contributed by atoms with E-state index in [2.05, 4.69) is 9.44 Å². The largest absolute Gasteiger partial charge is 0.325 e. The van der Waals surface area contributed by atoms with Gasteiger partial charge in [0, 0.05) is 16.7 Å². The van der Waals surface area contributed by atoms with Crippen molar-refractivity contribution in [3.05, 3.63) is 53.0 Å². The maximum atomic E-state index is 10.9. The van der Waals surface area contributed by atoms with Crippen LogP contribution in [-0.2, 0) is 14.4 Å². The third-order valence-electron chi connectivity index (χ3n) is 2.35. The molecule has 20 heavy (non-hydrogen) atoms. The van der Waals surface area contributed by atoms with Crippen molar-refractivity contribution in [2.75, 3.05) is 6.26 Å². The molecule has 0 saturated heterocycles. The van der Waals surface area contributed by atoms with E-state index in [0.29, 0.717) is 5.04 Å². The van der Waals surface area contributed by atoms with Gasteiger partial charge in [-0.25, -0.2) is 0 Å². The zero-order valence-corrected chi connectivity index (χ0v) is 12.2. The number of nitrogens with zero attached hydrogens (tertiary/aromatic N) is 1. The van der Waals surface area contributed by atoms with Gasteiger partial charge < -0.3 is 5.41 Å². The Labute approximate surface area is 121 Å². The van der Waals surface area contributed by atoms with E-state index in [-0.39, 0.29) is 0 Å². The lowest BCUT2D eigenvalue weighted by molar-refractivity contribution is 0.345. The van der Waals surface area contributed by atoms with Gasteiger partial charge in [-0.05, 0) is 17.7 Å². The van der Waals surface area contributed by atoms with Gasteiger partial charge in [0.2, 0.25) is 0 Å². The summed E-state index contributed by atoms with van der Waals surface area (Å²) in [7, 11) is -3.60. The van der Waals surface area contributed by atoms with Gasteiger partial charge in [0.1, 0.15) is 5.04 Å². The molecule has 0 amide bonds. The highest BCUT2D eigenvalue weighted by Gasteiger charge is 2.15. The van der Waals surface area contributed by atoms with Crippen LogP contribution in [0, 0.1) is 5.41 Å². The first kappa shape index (κ1) is 14.5. The molecular formula is C13H12N2O3S2. The van der Waals surface area contributed by atoms with E-state index in [1.165, 1.54) is 18.0 Å². The molecule has 0 unspecified atom stereocenters. The van der Waals surface area contributed by atoms with Gasteiger partial charge in [-0.1, -0.05) is 47.2 Å². The average molecular weight is 308 g/mol. The van der Waals surface area contributed by atoms with Crippen LogP contribution in [0.5, 0.6) is 0 Å². The van der Waals surface area contributed by atoms with Crippen LogP contribution < -0.4 is 0 Å². The molecular weight excluding hydrogens is 296 g/mol. The maximum Gasteiger partial charge on any atom is 0.325 e. The van der Waals surface area contributed by atoms with Crippen molar-refractivity contribution < 1.29 is 12.7 Å². The molecule has 7 heteroatoms. The second-order valence-electron chi connectivity index (χ2n) is 3.93. The lowest BCUT2D eigenvalue weighted by Crippen LogP contribution is -1.98. The monoisotopic (exact) mass is 308 g/mol. The van der Waals surface area contributed by atoms with E-state index >= 15 is 0 Å². The number of allylic oxidation sites excluding steroid dienone is 2. The van der Waals surface area contributed by atoms with Gasteiger partial charge in [-0.3, -0.25) is 4.28 Å². The predicted molar refractivity (Wildman–Crippen MR) is 82.2 cm³/mol. The van der Waals surface area contributed by atoms with Crippen molar-refractivity contribution in [2.45, 2.75) is 0 Å². The van der Waals surface area contributed by atoms with E-state index < -0.39 is 10.1 Å². The van der Waals surface area contributed by atoms with E-state index in [4.69, 9.17) is 5.41 Å². The fourth-order valence-corrected chi connectivity index (χ4v) is 2.66. The zero-order valence-electron chi connectivity index (χ0n) is 10.6. The number of hydrogen-bond donors (Lipinski definition) is 1. The van der Waals surface area contributed by atoms with E-state index in [1.807, 2.05) is 30.3 Å². The van der Waals surface area contributed by atoms with E-state index in [0.717, 1.165) is 22.3 Å². The number of nitrogens with one attached hydrogen (secondary N) is 1. The molecule has 104 valence electrons. The lowest BCUT2D eigenvalue weighted by Gasteiger charge is -2.04. The van der Waals surface area contributed by atoms with Crippen LogP contribution in [0.15, 0.2) is 52.5 Å². The van der Waals surface area contributed by atoms with Crippen molar-refractivity contribution in [1.29, 1.82) is 5.41 Å². The normalized spacial score (nSPS) is 19.1. The summed E-state index contributed by atoms with van der Waals surface area (Å²) in [5.41, 5.74) is 1.66. The van der Waals surface area contributed by atoms with Crippen LogP contribution in [0.3, 0.4) is 0 Å². The minimum Gasteiger partial charge on any atom is -0.308 e. The Hall–Kier alpha value is -1.86. The zero-order chi connectivity index (χ0) is 14.6. The molecule has 0 aliphatic carbocycles. The first-order valence-electron chi connectivity index (χ1n) is 5.62. The molecule has 0 bridgehead atoms. The van der Waals surface area contributed by atoms with Crippen molar-refractivity contribution in [3.8, 4) is 0 Å². The Kier molecular flexibility index (Phi) is 4.41. The molecule has 0 aromatic heterocycles. The van der Waals surface area contributed by atoms with Gasteiger partial charge in [-0.15, -0.1) is 0 Å². The minimum atomic E-state index is -3.60. The van der Waals surface area contributed by atoms with Crippen LogP contribution in [-0.4, -0.2) is 25.9 Å². The highest BCUT2D eigenvalue weighted by Crippen LogP contribution is 2.33. The molecule has 1 aliphatic rings. The van der Waals surface area contributed by atoms with Gasteiger partial charge in [-0.2, -0.15) is 8.42 Å². The van der Waals surface area contributed by atoms with Gasteiger partial charge in [0.15, 0.2) is 0 Å². The summed E-state index contributed by atoms with van der Waals surface area (Å²) in [5, 5.41) is 11.5. The lowest BCUT2D eigenvalue weighted by atomic mass is 10.1. The van der Waals surface area contributed by atoms with Gasteiger partial charge in [0.05, 0.1) is 6.26 Å². The Morgan fingerprint density at radius 2 is 2.00 bits per heavy atom.